The molecule has 0 bridgehead atoms. The van der Waals surface area contributed by atoms with Gasteiger partial charge in [-0.15, -0.1) is 0 Å². The maximum atomic E-state index is 11.3. The number of anilines is 1. The molecule has 1 aromatic rings. The van der Waals surface area contributed by atoms with Crippen LogP contribution >= 0.6 is 0 Å². The standard InChI is InChI=1S/C15H21N3O/c19-15-6-4-12-8-11(3-5-14(12)18-15)9-16-10-13-2-1-7-17-13/h3,5,8,13,16-17H,1-2,4,6-7,9-10H2,(H,18,19). The highest BCUT2D eigenvalue weighted by Crippen LogP contribution is 2.23. The molecule has 19 heavy (non-hydrogen) atoms. The van der Waals surface area contributed by atoms with E-state index in [9.17, 15) is 4.79 Å². The molecule has 4 nitrogen and oxygen atoms in total. The number of rotatable bonds is 4. The topological polar surface area (TPSA) is 53.2 Å². The van der Waals surface area contributed by atoms with Crippen molar-refractivity contribution in [2.45, 2.75) is 38.3 Å². The van der Waals surface area contributed by atoms with Gasteiger partial charge in [0.25, 0.3) is 0 Å². The number of benzene rings is 1. The van der Waals surface area contributed by atoms with Gasteiger partial charge < -0.3 is 16.0 Å². The Morgan fingerprint density at radius 2 is 2.26 bits per heavy atom. The Hall–Kier alpha value is -1.39. The third kappa shape index (κ3) is 3.14. The average Bonchev–Trinajstić information content (AvgIpc) is 2.92. The van der Waals surface area contributed by atoms with Crippen LogP contribution in [-0.2, 0) is 17.8 Å². The van der Waals surface area contributed by atoms with E-state index in [0.717, 1.165) is 31.7 Å². The fourth-order valence-electron chi connectivity index (χ4n) is 2.87. The summed E-state index contributed by atoms with van der Waals surface area (Å²) in [5, 5.41) is 9.92. The van der Waals surface area contributed by atoms with E-state index in [-0.39, 0.29) is 5.91 Å². The molecule has 0 aliphatic carbocycles. The van der Waals surface area contributed by atoms with Crippen LogP contribution < -0.4 is 16.0 Å². The normalized spacial score (nSPS) is 22.1. The van der Waals surface area contributed by atoms with Gasteiger partial charge in [-0.1, -0.05) is 12.1 Å². The molecular formula is C15H21N3O. The summed E-state index contributed by atoms with van der Waals surface area (Å²) in [7, 11) is 0. The number of aryl methyl sites for hydroxylation is 1. The van der Waals surface area contributed by atoms with Gasteiger partial charge >= 0.3 is 0 Å². The lowest BCUT2D eigenvalue weighted by Gasteiger charge is -2.18. The highest BCUT2D eigenvalue weighted by atomic mass is 16.1. The molecule has 2 heterocycles. The maximum absolute atomic E-state index is 11.3. The molecule has 1 fully saturated rings. The van der Waals surface area contributed by atoms with E-state index in [0.29, 0.717) is 12.5 Å². The van der Waals surface area contributed by atoms with E-state index in [1.54, 1.807) is 0 Å². The Kier molecular flexibility index (Phi) is 3.80. The van der Waals surface area contributed by atoms with Gasteiger partial charge in [0, 0.05) is 31.2 Å². The van der Waals surface area contributed by atoms with Gasteiger partial charge in [0.05, 0.1) is 0 Å². The SMILES string of the molecule is O=C1CCc2cc(CNCC3CCCN3)ccc2N1. The van der Waals surface area contributed by atoms with Crippen LogP contribution in [0.5, 0.6) is 0 Å². The zero-order valence-corrected chi connectivity index (χ0v) is 11.2. The van der Waals surface area contributed by atoms with Crippen LogP contribution in [0, 0.1) is 0 Å². The predicted octanol–water partition coefficient (Wildman–Crippen LogP) is 1.41. The molecule has 4 heteroatoms. The fraction of sp³-hybridized carbons (Fsp3) is 0.533. The van der Waals surface area contributed by atoms with Gasteiger partial charge in [-0.05, 0) is 43.0 Å². The zero-order valence-electron chi connectivity index (χ0n) is 11.2. The van der Waals surface area contributed by atoms with Crippen LogP contribution in [0.4, 0.5) is 5.69 Å². The van der Waals surface area contributed by atoms with Crippen molar-refractivity contribution >= 4 is 11.6 Å². The summed E-state index contributed by atoms with van der Waals surface area (Å²) < 4.78 is 0. The van der Waals surface area contributed by atoms with Crippen molar-refractivity contribution in [1.82, 2.24) is 10.6 Å². The molecule has 2 aliphatic heterocycles. The second-order valence-electron chi connectivity index (χ2n) is 5.46. The van der Waals surface area contributed by atoms with Crippen LogP contribution in [0.2, 0.25) is 0 Å². The molecule has 102 valence electrons. The Morgan fingerprint density at radius 3 is 3.11 bits per heavy atom. The second kappa shape index (κ2) is 5.72. The Balaban J connectivity index is 1.55. The van der Waals surface area contributed by atoms with E-state index in [4.69, 9.17) is 0 Å². The van der Waals surface area contributed by atoms with E-state index >= 15 is 0 Å². The van der Waals surface area contributed by atoms with Crippen LogP contribution in [0.3, 0.4) is 0 Å². The number of carbonyl (C=O) groups excluding carboxylic acids is 1. The van der Waals surface area contributed by atoms with Gasteiger partial charge in [0.15, 0.2) is 0 Å². The van der Waals surface area contributed by atoms with Crippen molar-refractivity contribution in [2.24, 2.45) is 0 Å². The lowest BCUT2D eigenvalue weighted by Crippen LogP contribution is -2.33. The van der Waals surface area contributed by atoms with E-state index < -0.39 is 0 Å². The Morgan fingerprint density at radius 1 is 1.32 bits per heavy atom. The lowest BCUT2D eigenvalue weighted by molar-refractivity contribution is -0.116. The van der Waals surface area contributed by atoms with Gasteiger partial charge in [0.2, 0.25) is 5.91 Å². The molecule has 1 atom stereocenters. The molecule has 3 N–H and O–H groups in total. The largest absolute Gasteiger partial charge is 0.326 e. The third-order valence-corrected chi connectivity index (χ3v) is 3.95. The van der Waals surface area contributed by atoms with Gasteiger partial charge in [-0.25, -0.2) is 0 Å². The van der Waals surface area contributed by atoms with Crippen molar-refractivity contribution in [3.05, 3.63) is 29.3 Å². The first-order valence-corrected chi connectivity index (χ1v) is 7.17. The quantitative estimate of drug-likeness (QED) is 0.766. The average molecular weight is 259 g/mol. The van der Waals surface area contributed by atoms with Crippen LogP contribution in [0.1, 0.15) is 30.4 Å². The van der Waals surface area contributed by atoms with Gasteiger partial charge in [-0.3, -0.25) is 4.79 Å². The molecule has 1 aromatic carbocycles. The smallest absolute Gasteiger partial charge is 0.224 e. The molecule has 2 aliphatic rings. The summed E-state index contributed by atoms with van der Waals surface area (Å²) in [4.78, 5) is 11.3. The van der Waals surface area contributed by atoms with Crippen molar-refractivity contribution in [3.8, 4) is 0 Å². The monoisotopic (exact) mass is 259 g/mol. The summed E-state index contributed by atoms with van der Waals surface area (Å²) >= 11 is 0. The summed E-state index contributed by atoms with van der Waals surface area (Å²) in [6, 6.07) is 6.97. The van der Waals surface area contributed by atoms with Crippen molar-refractivity contribution in [2.75, 3.05) is 18.4 Å². The van der Waals surface area contributed by atoms with E-state index in [1.165, 1.54) is 24.0 Å². The number of amides is 1. The van der Waals surface area contributed by atoms with Crippen LogP contribution in [-0.4, -0.2) is 25.0 Å². The van der Waals surface area contributed by atoms with Crippen LogP contribution in [0.15, 0.2) is 18.2 Å². The summed E-state index contributed by atoms with van der Waals surface area (Å²) in [5.74, 6) is 0.130. The van der Waals surface area contributed by atoms with E-state index in [2.05, 4.69) is 28.1 Å². The molecule has 0 radical (unpaired) electrons. The molecule has 0 aromatic heterocycles. The molecule has 3 rings (SSSR count). The van der Waals surface area contributed by atoms with Crippen molar-refractivity contribution in [3.63, 3.8) is 0 Å². The first kappa shape index (κ1) is 12.6. The highest BCUT2D eigenvalue weighted by molar-refractivity contribution is 5.93. The third-order valence-electron chi connectivity index (χ3n) is 3.95. The Bertz CT molecular complexity index is 466. The fourth-order valence-corrected chi connectivity index (χ4v) is 2.87. The summed E-state index contributed by atoms with van der Waals surface area (Å²) in [6.07, 6.45) is 4.04. The van der Waals surface area contributed by atoms with Crippen LogP contribution in [0.25, 0.3) is 0 Å². The number of fused-ring (bicyclic) bond motifs is 1. The summed E-state index contributed by atoms with van der Waals surface area (Å²) in [6.45, 7) is 3.10. The van der Waals surface area contributed by atoms with Gasteiger partial charge in [0.1, 0.15) is 0 Å². The molecule has 1 amide bonds. The Labute approximate surface area is 114 Å². The number of nitrogens with one attached hydrogen (secondary N) is 3. The maximum Gasteiger partial charge on any atom is 0.224 e. The second-order valence-corrected chi connectivity index (χ2v) is 5.46. The minimum atomic E-state index is 0.130. The molecular weight excluding hydrogens is 238 g/mol. The lowest BCUT2D eigenvalue weighted by atomic mass is 10.0. The van der Waals surface area contributed by atoms with E-state index in [1.807, 2.05) is 6.07 Å². The number of carbonyl (C=O) groups is 1. The highest BCUT2D eigenvalue weighted by Gasteiger charge is 2.15. The minimum absolute atomic E-state index is 0.130. The number of hydrogen-bond acceptors (Lipinski definition) is 3. The first-order chi connectivity index (χ1) is 9.31. The van der Waals surface area contributed by atoms with Gasteiger partial charge in [-0.2, -0.15) is 0 Å². The molecule has 0 spiro atoms. The molecule has 1 saturated heterocycles. The molecule has 1 unspecified atom stereocenters. The number of hydrogen-bond donors (Lipinski definition) is 3. The minimum Gasteiger partial charge on any atom is -0.326 e. The molecule has 0 saturated carbocycles. The van der Waals surface area contributed by atoms with Crippen molar-refractivity contribution in [1.29, 1.82) is 0 Å². The first-order valence-electron chi connectivity index (χ1n) is 7.17. The predicted molar refractivity (Wildman–Crippen MR) is 76.1 cm³/mol. The summed E-state index contributed by atoms with van der Waals surface area (Å²) in [5.41, 5.74) is 3.54. The van der Waals surface area contributed by atoms with Crippen molar-refractivity contribution < 1.29 is 4.79 Å². The zero-order chi connectivity index (χ0) is 13.1.